The van der Waals surface area contributed by atoms with Crippen molar-refractivity contribution >= 4 is 0 Å². The van der Waals surface area contributed by atoms with Gasteiger partial charge >= 0.3 is 0 Å². The number of ether oxygens (including phenoxy) is 2. The molecule has 0 radical (unpaired) electrons. The maximum atomic E-state index is 9.43. The Morgan fingerprint density at radius 3 is 2.11 bits per heavy atom. The average Bonchev–Trinajstić information content (AvgIpc) is 2.36. The Kier molecular flexibility index (Phi) is 5.63. The average molecular weight is 267 g/mol. The van der Waals surface area contributed by atoms with Crippen molar-refractivity contribution in [2.75, 3.05) is 13.2 Å². The van der Waals surface area contributed by atoms with Crippen LogP contribution in [0.15, 0.2) is 24.3 Å². The minimum atomic E-state index is -0.419. The maximum Gasteiger partial charge on any atom is 0.137 e. The van der Waals surface area contributed by atoms with Crippen molar-refractivity contribution < 1.29 is 14.6 Å². The SMILES string of the molecule is CCOc1ccc(OC(CO)C(N)C(C)(C)C)cc1. The Hall–Kier alpha value is -1.26. The molecule has 4 nitrogen and oxygen atoms in total. The fraction of sp³-hybridized carbons (Fsp3) is 0.600. The first kappa shape index (κ1) is 15.8. The highest BCUT2D eigenvalue weighted by atomic mass is 16.5. The molecule has 0 aliphatic heterocycles. The Morgan fingerprint density at radius 1 is 1.16 bits per heavy atom. The Labute approximate surface area is 115 Å². The summed E-state index contributed by atoms with van der Waals surface area (Å²) in [5, 5.41) is 9.43. The maximum absolute atomic E-state index is 9.43. The summed E-state index contributed by atoms with van der Waals surface area (Å²) in [4.78, 5) is 0. The first-order valence-corrected chi connectivity index (χ1v) is 6.64. The molecule has 1 aromatic rings. The molecular weight excluding hydrogens is 242 g/mol. The summed E-state index contributed by atoms with van der Waals surface area (Å²) in [6.07, 6.45) is -0.419. The van der Waals surface area contributed by atoms with E-state index in [-0.39, 0.29) is 18.1 Å². The number of nitrogens with two attached hydrogens (primary N) is 1. The number of benzene rings is 1. The van der Waals surface area contributed by atoms with Crippen LogP contribution in [-0.4, -0.2) is 30.5 Å². The van der Waals surface area contributed by atoms with E-state index in [1.807, 2.05) is 52.0 Å². The lowest BCUT2D eigenvalue weighted by Crippen LogP contribution is -2.49. The molecule has 0 aliphatic carbocycles. The molecule has 4 heteroatoms. The molecule has 1 rings (SSSR count). The first-order chi connectivity index (χ1) is 8.88. The second kappa shape index (κ2) is 6.78. The smallest absolute Gasteiger partial charge is 0.137 e. The Balaban J connectivity index is 2.70. The molecule has 0 saturated heterocycles. The molecule has 0 heterocycles. The van der Waals surface area contributed by atoms with Crippen molar-refractivity contribution in [1.82, 2.24) is 0 Å². The van der Waals surface area contributed by atoms with Crippen LogP contribution in [0.2, 0.25) is 0 Å². The molecule has 0 aliphatic rings. The van der Waals surface area contributed by atoms with E-state index in [1.54, 1.807) is 0 Å². The second-order valence-electron chi connectivity index (χ2n) is 5.64. The van der Waals surface area contributed by atoms with Crippen molar-refractivity contribution in [3.8, 4) is 11.5 Å². The number of rotatable bonds is 6. The summed E-state index contributed by atoms with van der Waals surface area (Å²) in [6, 6.07) is 7.08. The molecule has 2 atom stereocenters. The van der Waals surface area contributed by atoms with Gasteiger partial charge in [-0.25, -0.2) is 0 Å². The Morgan fingerprint density at radius 2 is 1.68 bits per heavy atom. The molecule has 0 spiro atoms. The van der Waals surface area contributed by atoms with Crippen LogP contribution in [0.3, 0.4) is 0 Å². The van der Waals surface area contributed by atoms with Crippen LogP contribution in [0.4, 0.5) is 0 Å². The van der Waals surface area contributed by atoms with Gasteiger partial charge in [-0.05, 0) is 36.6 Å². The summed E-state index contributed by atoms with van der Waals surface area (Å²) in [5.74, 6) is 1.48. The molecule has 108 valence electrons. The van der Waals surface area contributed by atoms with Gasteiger partial charge < -0.3 is 20.3 Å². The van der Waals surface area contributed by atoms with Crippen LogP contribution in [0.25, 0.3) is 0 Å². The lowest BCUT2D eigenvalue weighted by molar-refractivity contribution is 0.0591. The van der Waals surface area contributed by atoms with E-state index in [0.717, 1.165) is 5.75 Å². The van der Waals surface area contributed by atoms with Gasteiger partial charge in [0.15, 0.2) is 0 Å². The Bertz CT molecular complexity index is 370. The van der Waals surface area contributed by atoms with Crippen LogP contribution in [0.1, 0.15) is 27.7 Å². The van der Waals surface area contributed by atoms with Gasteiger partial charge in [-0.1, -0.05) is 20.8 Å². The summed E-state index contributed by atoms with van der Waals surface area (Å²) < 4.78 is 11.1. The second-order valence-corrected chi connectivity index (χ2v) is 5.64. The van der Waals surface area contributed by atoms with Crippen LogP contribution in [0.5, 0.6) is 11.5 Å². The predicted molar refractivity (Wildman–Crippen MR) is 76.5 cm³/mol. The molecule has 0 saturated carbocycles. The third-order valence-electron chi connectivity index (χ3n) is 3.00. The van der Waals surface area contributed by atoms with Gasteiger partial charge in [-0.2, -0.15) is 0 Å². The van der Waals surface area contributed by atoms with E-state index in [9.17, 15) is 5.11 Å². The number of aliphatic hydroxyl groups is 1. The molecule has 1 aromatic carbocycles. The highest BCUT2D eigenvalue weighted by Crippen LogP contribution is 2.24. The monoisotopic (exact) mass is 267 g/mol. The molecule has 0 bridgehead atoms. The van der Waals surface area contributed by atoms with Gasteiger partial charge in [0.2, 0.25) is 0 Å². The van der Waals surface area contributed by atoms with Gasteiger partial charge in [-0.15, -0.1) is 0 Å². The topological polar surface area (TPSA) is 64.7 Å². The summed E-state index contributed by atoms with van der Waals surface area (Å²) in [5.41, 5.74) is 5.99. The van der Waals surface area contributed by atoms with Crippen LogP contribution in [0, 0.1) is 5.41 Å². The zero-order valence-electron chi connectivity index (χ0n) is 12.2. The zero-order chi connectivity index (χ0) is 14.5. The van der Waals surface area contributed by atoms with E-state index in [0.29, 0.717) is 12.4 Å². The summed E-state index contributed by atoms with van der Waals surface area (Å²) in [6.45, 7) is 8.56. The lowest BCUT2D eigenvalue weighted by Gasteiger charge is -2.33. The van der Waals surface area contributed by atoms with E-state index in [4.69, 9.17) is 15.2 Å². The fourth-order valence-corrected chi connectivity index (χ4v) is 1.74. The minimum Gasteiger partial charge on any atom is -0.494 e. The van der Waals surface area contributed by atoms with Crippen LogP contribution >= 0.6 is 0 Å². The first-order valence-electron chi connectivity index (χ1n) is 6.64. The molecule has 0 aromatic heterocycles. The predicted octanol–water partition coefficient (Wildman–Crippen LogP) is 2.20. The van der Waals surface area contributed by atoms with Crippen molar-refractivity contribution in [2.24, 2.45) is 11.1 Å². The van der Waals surface area contributed by atoms with Crippen molar-refractivity contribution in [2.45, 2.75) is 39.8 Å². The lowest BCUT2D eigenvalue weighted by atomic mass is 9.84. The minimum absolute atomic E-state index is 0.106. The van der Waals surface area contributed by atoms with Crippen LogP contribution in [-0.2, 0) is 0 Å². The largest absolute Gasteiger partial charge is 0.494 e. The number of hydrogen-bond acceptors (Lipinski definition) is 4. The third kappa shape index (κ3) is 4.73. The van der Waals surface area contributed by atoms with Crippen molar-refractivity contribution in [3.63, 3.8) is 0 Å². The van der Waals surface area contributed by atoms with Gasteiger partial charge in [0.25, 0.3) is 0 Å². The van der Waals surface area contributed by atoms with E-state index in [1.165, 1.54) is 0 Å². The molecule has 2 unspecified atom stereocenters. The normalized spacial score (nSPS) is 14.8. The summed E-state index contributed by atoms with van der Waals surface area (Å²) >= 11 is 0. The van der Waals surface area contributed by atoms with E-state index >= 15 is 0 Å². The quantitative estimate of drug-likeness (QED) is 0.829. The fourth-order valence-electron chi connectivity index (χ4n) is 1.74. The number of hydrogen-bond donors (Lipinski definition) is 2. The van der Waals surface area contributed by atoms with Crippen molar-refractivity contribution in [3.05, 3.63) is 24.3 Å². The standard InChI is InChI=1S/C15H25NO3/c1-5-18-11-6-8-12(9-7-11)19-13(10-17)14(16)15(2,3)4/h6-9,13-14,17H,5,10,16H2,1-4H3. The van der Waals surface area contributed by atoms with Gasteiger partial charge in [0, 0.05) is 6.04 Å². The molecular formula is C15H25NO3. The van der Waals surface area contributed by atoms with Gasteiger partial charge in [-0.3, -0.25) is 0 Å². The highest BCUT2D eigenvalue weighted by Gasteiger charge is 2.30. The van der Waals surface area contributed by atoms with E-state index < -0.39 is 6.10 Å². The highest BCUT2D eigenvalue weighted by molar-refractivity contribution is 5.31. The zero-order valence-corrected chi connectivity index (χ0v) is 12.2. The van der Waals surface area contributed by atoms with E-state index in [2.05, 4.69) is 0 Å². The van der Waals surface area contributed by atoms with Gasteiger partial charge in [0.05, 0.1) is 13.2 Å². The van der Waals surface area contributed by atoms with Crippen molar-refractivity contribution in [1.29, 1.82) is 0 Å². The molecule has 0 fully saturated rings. The number of aliphatic hydroxyl groups excluding tert-OH is 1. The summed E-state index contributed by atoms with van der Waals surface area (Å²) in [7, 11) is 0. The van der Waals surface area contributed by atoms with Gasteiger partial charge in [0.1, 0.15) is 17.6 Å². The molecule has 19 heavy (non-hydrogen) atoms. The molecule has 3 N–H and O–H groups in total. The third-order valence-corrected chi connectivity index (χ3v) is 3.00. The van der Waals surface area contributed by atoms with Crippen LogP contribution < -0.4 is 15.2 Å². The molecule has 0 amide bonds.